The standard InChI is InChI=1S/C32H38F3N7O3/c1-18-14-26(45-5)24(32(44)39-18)17-38-31(43)23-15-25-22(21-6-7-27(36-4)37-16-21)8-9-42(25)28(19(23)2)20(3)40-10-12-41(13-11-40)30(35)29(33)34/h6-9,14-16,20,29-30H,10-13,17H2,1-5H3,(H,36,37)(H,38,43)(H,39,44). The first-order valence-corrected chi connectivity index (χ1v) is 14.8. The van der Waals surface area contributed by atoms with E-state index >= 15 is 0 Å². The van der Waals surface area contributed by atoms with E-state index in [2.05, 4.69) is 25.5 Å². The number of anilines is 1. The summed E-state index contributed by atoms with van der Waals surface area (Å²) in [5.41, 5.74) is 5.08. The molecule has 13 heteroatoms. The van der Waals surface area contributed by atoms with Crippen molar-refractivity contribution in [3.63, 3.8) is 0 Å². The summed E-state index contributed by atoms with van der Waals surface area (Å²) >= 11 is 0. The van der Waals surface area contributed by atoms with Gasteiger partial charge in [0.05, 0.1) is 24.7 Å². The molecule has 0 bridgehead atoms. The van der Waals surface area contributed by atoms with Gasteiger partial charge in [-0.2, -0.15) is 0 Å². The Morgan fingerprint density at radius 1 is 1.09 bits per heavy atom. The number of aromatic amines is 1. The zero-order valence-electron chi connectivity index (χ0n) is 26.0. The molecular formula is C32H38F3N7O3. The Balaban J connectivity index is 1.53. The monoisotopic (exact) mass is 625 g/mol. The van der Waals surface area contributed by atoms with Crippen molar-refractivity contribution in [3.8, 4) is 16.9 Å². The first-order chi connectivity index (χ1) is 21.5. The van der Waals surface area contributed by atoms with E-state index in [1.807, 2.05) is 48.7 Å². The molecule has 1 fully saturated rings. The van der Waals surface area contributed by atoms with Crippen LogP contribution in [0.25, 0.3) is 16.6 Å². The summed E-state index contributed by atoms with van der Waals surface area (Å²) < 4.78 is 47.5. The Kier molecular flexibility index (Phi) is 9.49. The third-order valence-electron chi connectivity index (χ3n) is 8.55. The van der Waals surface area contributed by atoms with Gasteiger partial charge >= 0.3 is 0 Å². The van der Waals surface area contributed by atoms with Gasteiger partial charge in [0, 0.05) is 79.7 Å². The molecule has 3 N–H and O–H groups in total. The van der Waals surface area contributed by atoms with Crippen LogP contribution in [0.15, 0.2) is 47.5 Å². The lowest BCUT2D eigenvalue weighted by Gasteiger charge is -2.39. The van der Waals surface area contributed by atoms with Crippen molar-refractivity contribution in [2.75, 3.05) is 45.7 Å². The number of alkyl halides is 3. The van der Waals surface area contributed by atoms with E-state index in [0.29, 0.717) is 35.7 Å². The molecule has 5 rings (SSSR count). The summed E-state index contributed by atoms with van der Waals surface area (Å²) in [6.45, 7) is 6.64. The minimum atomic E-state index is -3.06. The van der Waals surface area contributed by atoms with Gasteiger partial charge in [0.15, 0.2) is 0 Å². The number of rotatable bonds is 10. The molecule has 1 aliphatic rings. The SMILES string of the molecule is CNc1ccc(-c2ccn3c(C(C)N4CCN(C(F)C(F)F)CC4)c(C)c(C(=O)NCc4c(OC)cc(C)[nH]c4=O)cc23)cn1. The van der Waals surface area contributed by atoms with Crippen LogP contribution < -0.4 is 20.9 Å². The molecule has 10 nitrogen and oxygen atoms in total. The van der Waals surface area contributed by atoms with Gasteiger partial charge in [-0.25, -0.2) is 18.2 Å². The van der Waals surface area contributed by atoms with Crippen LogP contribution in [0.4, 0.5) is 19.0 Å². The van der Waals surface area contributed by atoms with Crippen LogP contribution in [0.3, 0.4) is 0 Å². The first kappa shape index (κ1) is 32.0. The van der Waals surface area contributed by atoms with E-state index in [-0.39, 0.29) is 37.1 Å². The van der Waals surface area contributed by atoms with E-state index in [4.69, 9.17) is 4.74 Å². The number of aryl methyl sites for hydroxylation is 1. The number of halogens is 3. The van der Waals surface area contributed by atoms with Gasteiger partial charge in [0.2, 0.25) is 6.30 Å². The lowest BCUT2D eigenvalue weighted by Crippen LogP contribution is -2.51. The number of ether oxygens (including phenoxy) is 1. The smallest absolute Gasteiger partial charge is 0.282 e. The van der Waals surface area contributed by atoms with Gasteiger partial charge in [-0.1, -0.05) is 0 Å². The number of fused-ring (bicyclic) bond motifs is 1. The number of carbonyl (C=O) groups is 1. The second-order valence-corrected chi connectivity index (χ2v) is 11.2. The van der Waals surface area contributed by atoms with Crippen molar-refractivity contribution in [2.24, 2.45) is 0 Å². The molecule has 2 atom stereocenters. The van der Waals surface area contributed by atoms with E-state index in [1.54, 1.807) is 26.2 Å². The molecule has 45 heavy (non-hydrogen) atoms. The van der Waals surface area contributed by atoms with E-state index in [0.717, 1.165) is 38.6 Å². The summed E-state index contributed by atoms with van der Waals surface area (Å²) in [6, 6.07) is 9.07. The highest BCUT2D eigenvalue weighted by atomic mass is 19.3. The van der Waals surface area contributed by atoms with Crippen molar-refractivity contribution in [1.82, 2.24) is 29.5 Å². The predicted molar refractivity (Wildman–Crippen MR) is 167 cm³/mol. The molecule has 5 heterocycles. The zero-order chi connectivity index (χ0) is 32.4. The van der Waals surface area contributed by atoms with Gasteiger partial charge in [-0.05, 0) is 56.7 Å². The number of amides is 1. The van der Waals surface area contributed by atoms with Crippen molar-refractivity contribution >= 4 is 17.2 Å². The fraction of sp³-hybridized carbons (Fsp3) is 0.406. The largest absolute Gasteiger partial charge is 0.496 e. The maximum Gasteiger partial charge on any atom is 0.282 e. The second-order valence-electron chi connectivity index (χ2n) is 11.2. The van der Waals surface area contributed by atoms with Crippen molar-refractivity contribution in [3.05, 3.63) is 81.2 Å². The van der Waals surface area contributed by atoms with Gasteiger partial charge < -0.3 is 24.8 Å². The third-order valence-corrected chi connectivity index (χ3v) is 8.55. The molecule has 0 aromatic carbocycles. The Morgan fingerprint density at radius 3 is 2.42 bits per heavy atom. The number of methoxy groups -OCH3 is 1. The number of nitrogens with zero attached hydrogens (tertiary/aromatic N) is 4. The predicted octanol–water partition coefficient (Wildman–Crippen LogP) is 4.53. The molecule has 0 saturated carbocycles. The van der Waals surface area contributed by atoms with Crippen molar-refractivity contribution in [1.29, 1.82) is 0 Å². The highest BCUT2D eigenvalue weighted by Crippen LogP contribution is 2.34. The Hall–Kier alpha value is -4.36. The van der Waals surface area contributed by atoms with E-state index in [1.165, 1.54) is 7.11 Å². The average Bonchev–Trinajstić information content (AvgIpc) is 3.46. The minimum absolute atomic E-state index is 0.0487. The van der Waals surface area contributed by atoms with E-state index in [9.17, 15) is 22.8 Å². The quantitative estimate of drug-likeness (QED) is 0.223. The summed E-state index contributed by atoms with van der Waals surface area (Å²) in [4.78, 5) is 37.0. The molecule has 2 unspecified atom stereocenters. The number of piperazine rings is 1. The Bertz CT molecular complexity index is 1730. The van der Waals surface area contributed by atoms with Gasteiger partial charge in [0.1, 0.15) is 11.6 Å². The number of aromatic nitrogens is 3. The molecule has 1 saturated heterocycles. The first-order valence-electron chi connectivity index (χ1n) is 14.8. The number of hydrogen-bond acceptors (Lipinski definition) is 7. The lowest BCUT2D eigenvalue weighted by atomic mass is 9.99. The summed E-state index contributed by atoms with van der Waals surface area (Å²) in [6.07, 6.45) is -1.65. The fourth-order valence-electron chi connectivity index (χ4n) is 6.06. The van der Waals surface area contributed by atoms with Crippen LogP contribution in [0.5, 0.6) is 5.75 Å². The molecule has 0 spiro atoms. The highest BCUT2D eigenvalue weighted by molar-refractivity contribution is 5.98. The summed E-state index contributed by atoms with van der Waals surface area (Å²) in [5.74, 6) is 0.727. The van der Waals surface area contributed by atoms with E-state index < -0.39 is 12.7 Å². The number of hydrogen-bond donors (Lipinski definition) is 3. The molecule has 0 radical (unpaired) electrons. The zero-order valence-corrected chi connectivity index (χ0v) is 26.0. The fourth-order valence-corrected chi connectivity index (χ4v) is 6.06. The normalized spacial score (nSPS) is 15.8. The number of pyridine rings is 3. The number of nitrogens with one attached hydrogen (secondary N) is 3. The van der Waals surface area contributed by atoms with Crippen LogP contribution in [0, 0.1) is 13.8 Å². The van der Waals surface area contributed by atoms with Crippen LogP contribution in [-0.4, -0.2) is 83.1 Å². The minimum Gasteiger partial charge on any atom is -0.496 e. The third kappa shape index (κ3) is 6.40. The molecule has 240 valence electrons. The van der Waals surface area contributed by atoms with Crippen LogP contribution in [0.2, 0.25) is 0 Å². The Labute approximate surface area is 259 Å². The lowest BCUT2D eigenvalue weighted by molar-refractivity contribution is -0.0688. The molecule has 0 aliphatic carbocycles. The maximum atomic E-state index is 14.0. The highest BCUT2D eigenvalue weighted by Gasteiger charge is 2.33. The van der Waals surface area contributed by atoms with Gasteiger partial charge in [-0.3, -0.25) is 19.4 Å². The molecule has 4 aromatic heterocycles. The summed E-state index contributed by atoms with van der Waals surface area (Å²) in [7, 11) is 3.26. The molecule has 4 aromatic rings. The number of carbonyl (C=O) groups excluding carboxylic acids is 1. The van der Waals surface area contributed by atoms with Crippen molar-refractivity contribution < 1.29 is 22.7 Å². The van der Waals surface area contributed by atoms with Gasteiger partial charge in [-0.15, -0.1) is 0 Å². The number of H-pyrrole nitrogens is 1. The maximum absolute atomic E-state index is 14.0. The van der Waals surface area contributed by atoms with Crippen LogP contribution >= 0.6 is 0 Å². The topological polar surface area (TPSA) is 107 Å². The van der Waals surface area contributed by atoms with Crippen LogP contribution in [-0.2, 0) is 6.54 Å². The summed E-state index contributed by atoms with van der Waals surface area (Å²) in [5, 5.41) is 5.91. The van der Waals surface area contributed by atoms with Gasteiger partial charge in [0.25, 0.3) is 17.9 Å². The second kappa shape index (κ2) is 13.3. The Morgan fingerprint density at radius 2 is 1.80 bits per heavy atom. The average molecular weight is 626 g/mol. The molecule has 1 aliphatic heterocycles. The molecular weight excluding hydrogens is 587 g/mol. The molecule has 1 amide bonds. The van der Waals surface area contributed by atoms with Crippen molar-refractivity contribution in [2.45, 2.75) is 46.1 Å². The van der Waals surface area contributed by atoms with Crippen LogP contribution in [0.1, 0.15) is 45.8 Å².